The van der Waals surface area contributed by atoms with Gasteiger partial charge in [0.25, 0.3) is 0 Å². The Morgan fingerprint density at radius 3 is 2.60 bits per heavy atom. The molecule has 0 bridgehead atoms. The van der Waals surface area contributed by atoms with E-state index in [1.807, 2.05) is 6.07 Å². The summed E-state index contributed by atoms with van der Waals surface area (Å²) in [6.45, 7) is 8.97. The van der Waals surface area contributed by atoms with E-state index in [1.165, 1.54) is 25.7 Å². The van der Waals surface area contributed by atoms with Gasteiger partial charge in [0, 0.05) is 6.42 Å². The zero-order chi connectivity index (χ0) is 21.3. The first kappa shape index (κ1) is 21.4. The lowest BCUT2D eigenvalue weighted by Crippen LogP contribution is -2.39. The summed E-state index contributed by atoms with van der Waals surface area (Å²) in [5, 5.41) is 0. The van der Waals surface area contributed by atoms with Crippen LogP contribution in [0.25, 0.3) is 11.0 Å². The Morgan fingerprint density at radius 2 is 1.90 bits per heavy atom. The van der Waals surface area contributed by atoms with Gasteiger partial charge < -0.3 is 9.30 Å². The van der Waals surface area contributed by atoms with Crippen molar-refractivity contribution in [3.05, 3.63) is 30.1 Å². The number of nitrogens with zero attached hydrogens (tertiary/aromatic N) is 2. The largest absolute Gasteiger partial charge is 0.461 e. The number of aromatic nitrogens is 2. The zero-order valence-corrected chi connectivity index (χ0v) is 19.1. The number of aryl methyl sites for hydroxylation is 1. The van der Waals surface area contributed by atoms with Crippen LogP contribution in [0.2, 0.25) is 0 Å². The second-order valence-electron chi connectivity index (χ2n) is 10.0. The summed E-state index contributed by atoms with van der Waals surface area (Å²) in [7, 11) is 0. The van der Waals surface area contributed by atoms with Crippen LogP contribution in [0, 0.1) is 23.7 Å². The van der Waals surface area contributed by atoms with Crippen LogP contribution in [-0.2, 0) is 16.0 Å². The predicted molar refractivity (Wildman–Crippen MR) is 121 cm³/mol. The monoisotopic (exact) mass is 410 g/mol. The van der Waals surface area contributed by atoms with E-state index < -0.39 is 0 Å². The van der Waals surface area contributed by atoms with Crippen molar-refractivity contribution in [2.24, 2.45) is 23.7 Å². The minimum absolute atomic E-state index is 0.0236. The molecule has 0 radical (unpaired) electrons. The second kappa shape index (κ2) is 9.11. The summed E-state index contributed by atoms with van der Waals surface area (Å²) in [6, 6.07) is 7.99. The van der Waals surface area contributed by atoms with Crippen LogP contribution in [0.4, 0.5) is 0 Å². The Morgan fingerprint density at radius 1 is 1.17 bits per heavy atom. The van der Waals surface area contributed by atoms with Crippen LogP contribution in [-0.4, -0.2) is 21.6 Å². The number of ether oxygens (including phenoxy) is 1. The summed E-state index contributed by atoms with van der Waals surface area (Å²) in [6.07, 6.45) is 8.89. The van der Waals surface area contributed by atoms with Crippen molar-refractivity contribution in [2.45, 2.75) is 91.2 Å². The van der Waals surface area contributed by atoms with Gasteiger partial charge in [-0.2, -0.15) is 0 Å². The van der Waals surface area contributed by atoms with E-state index in [0.717, 1.165) is 42.5 Å². The molecule has 1 heterocycles. The Kier molecular flexibility index (Phi) is 6.50. The third-order valence-electron chi connectivity index (χ3n) is 7.58. The molecular formula is C26H38N2O2. The molecule has 1 unspecified atom stereocenters. The standard InChI is InChI=1S/C26H38N2O2/c1-5-24-27-21-12-8-9-13-22(21)28(24)25(19-10-6-7-11-19)26(29)30-23-16-18(4)14-15-20(23)17(2)3/h8-9,12-13,17-20,23,25H,5-7,10-11,14-16H2,1-4H3/t18-,20?,23-,25-/m1/s1. The molecule has 1 aromatic carbocycles. The van der Waals surface area contributed by atoms with E-state index >= 15 is 0 Å². The normalized spacial score (nSPS) is 26.4. The van der Waals surface area contributed by atoms with Gasteiger partial charge in [-0.3, -0.25) is 0 Å². The van der Waals surface area contributed by atoms with Crippen LogP contribution in [0.3, 0.4) is 0 Å². The summed E-state index contributed by atoms with van der Waals surface area (Å²) < 4.78 is 8.62. The molecule has 0 spiro atoms. The molecule has 2 aromatic rings. The third-order valence-corrected chi connectivity index (χ3v) is 7.58. The van der Waals surface area contributed by atoms with Crippen molar-refractivity contribution in [3.63, 3.8) is 0 Å². The van der Waals surface area contributed by atoms with E-state index in [4.69, 9.17) is 9.72 Å². The number of imidazole rings is 1. The minimum atomic E-state index is -0.250. The number of esters is 1. The van der Waals surface area contributed by atoms with E-state index in [9.17, 15) is 4.79 Å². The Balaban J connectivity index is 1.69. The number of benzene rings is 1. The van der Waals surface area contributed by atoms with Crippen molar-refractivity contribution < 1.29 is 9.53 Å². The van der Waals surface area contributed by atoms with E-state index in [-0.39, 0.29) is 18.1 Å². The van der Waals surface area contributed by atoms with Gasteiger partial charge in [0.15, 0.2) is 0 Å². The second-order valence-corrected chi connectivity index (χ2v) is 10.0. The maximum absolute atomic E-state index is 13.8. The van der Waals surface area contributed by atoms with Crippen molar-refractivity contribution in [1.29, 1.82) is 0 Å². The number of hydrogen-bond acceptors (Lipinski definition) is 3. The van der Waals surface area contributed by atoms with Crippen molar-refractivity contribution in [3.8, 4) is 0 Å². The average molecular weight is 411 g/mol. The van der Waals surface area contributed by atoms with Gasteiger partial charge >= 0.3 is 5.97 Å². The summed E-state index contributed by atoms with van der Waals surface area (Å²) >= 11 is 0. The number of para-hydroxylation sites is 2. The van der Waals surface area contributed by atoms with Crippen molar-refractivity contribution in [1.82, 2.24) is 9.55 Å². The maximum Gasteiger partial charge on any atom is 0.329 e. The van der Waals surface area contributed by atoms with Crippen LogP contribution < -0.4 is 0 Å². The number of carbonyl (C=O) groups excluding carboxylic acids is 1. The highest BCUT2D eigenvalue weighted by Crippen LogP contribution is 2.40. The molecule has 0 saturated heterocycles. The van der Waals surface area contributed by atoms with Crippen LogP contribution in [0.1, 0.15) is 84.5 Å². The number of hydrogen-bond donors (Lipinski definition) is 0. The highest BCUT2D eigenvalue weighted by molar-refractivity contribution is 5.81. The summed E-state index contributed by atoms with van der Waals surface area (Å²) in [5.41, 5.74) is 2.05. The van der Waals surface area contributed by atoms with E-state index in [1.54, 1.807) is 0 Å². The highest BCUT2D eigenvalue weighted by Gasteiger charge is 2.39. The Bertz CT molecular complexity index is 865. The molecule has 2 saturated carbocycles. The topological polar surface area (TPSA) is 44.1 Å². The van der Waals surface area contributed by atoms with Crippen LogP contribution in [0.5, 0.6) is 0 Å². The quantitative estimate of drug-likeness (QED) is 0.522. The van der Waals surface area contributed by atoms with Gasteiger partial charge in [0.1, 0.15) is 18.0 Å². The molecule has 0 N–H and O–H groups in total. The molecule has 30 heavy (non-hydrogen) atoms. The molecular weight excluding hydrogens is 372 g/mol. The molecule has 4 atom stereocenters. The van der Waals surface area contributed by atoms with Gasteiger partial charge in [-0.15, -0.1) is 0 Å². The maximum atomic E-state index is 13.8. The Hall–Kier alpha value is -1.84. The molecule has 2 fully saturated rings. The van der Waals surface area contributed by atoms with Gasteiger partial charge in [-0.1, -0.05) is 59.1 Å². The first-order chi connectivity index (χ1) is 14.5. The van der Waals surface area contributed by atoms with E-state index in [0.29, 0.717) is 23.7 Å². The molecule has 0 amide bonds. The fourth-order valence-corrected chi connectivity index (χ4v) is 5.91. The first-order valence-corrected chi connectivity index (χ1v) is 12.2. The number of fused-ring (bicyclic) bond motifs is 1. The molecule has 2 aliphatic carbocycles. The fraction of sp³-hybridized carbons (Fsp3) is 0.692. The average Bonchev–Trinajstić information content (AvgIpc) is 3.37. The zero-order valence-electron chi connectivity index (χ0n) is 19.1. The molecule has 4 rings (SSSR count). The molecule has 4 nitrogen and oxygen atoms in total. The third kappa shape index (κ3) is 4.15. The van der Waals surface area contributed by atoms with Gasteiger partial charge in [0.2, 0.25) is 0 Å². The van der Waals surface area contributed by atoms with Gasteiger partial charge in [-0.25, -0.2) is 9.78 Å². The summed E-state index contributed by atoms with van der Waals surface area (Å²) in [4.78, 5) is 18.7. The summed E-state index contributed by atoms with van der Waals surface area (Å²) in [5.74, 6) is 2.97. The van der Waals surface area contributed by atoms with Gasteiger partial charge in [0.05, 0.1) is 11.0 Å². The van der Waals surface area contributed by atoms with Crippen molar-refractivity contribution >= 4 is 17.0 Å². The Labute approximate surface area is 181 Å². The predicted octanol–water partition coefficient (Wildman–Crippen LogP) is 6.33. The number of rotatable bonds is 6. The van der Waals surface area contributed by atoms with Crippen LogP contribution >= 0.6 is 0 Å². The molecule has 164 valence electrons. The smallest absolute Gasteiger partial charge is 0.329 e. The fourth-order valence-electron chi connectivity index (χ4n) is 5.91. The van der Waals surface area contributed by atoms with E-state index in [2.05, 4.69) is 50.5 Å². The number of carbonyl (C=O) groups is 1. The lowest BCUT2D eigenvalue weighted by Gasteiger charge is -2.38. The van der Waals surface area contributed by atoms with Crippen molar-refractivity contribution in [2.75, 3.05) is 0 Å². The van der Waals surface area contributed by atoms with Gasteiger partial charge in [-0.05, 0) is 61.5 Å². The molecule has 0 aliphatic heterocycles. The minimum Gasteiger partial charge on any atom is -0.461 e. The molecule has 2 aliphatic rings. The van der Waals surface area contributed by atoms with Crippen LogP contribution in [0.15, 0.2) is 24.3 Å². The molecule has 1 aromatic heterocycles. The lowest BCUT2D eigenvalue weighted by atomic mass is 9.75. The highest BCUT2D eigenvalue weighted by atomic mass is 16.5. The lowest BCUT2D eigenvalue weighted by molar-refractivity contribution is -0.161. The SMILES string of the molecule is CCc1nc2ccccc2n1[C@@H](C(=O)O[C@@H]1C[C@H](C)CCC1C(C)C)C1CCCC1. The first-order valence-electron chi connectivity index (χ1n) is 12.2. The molecule has 4 heteroatoms.